The van der Waals surface area contributed by atoms with Gasteiger partial charge in [0.05, 0.1) is 10.2 Å². The van der Waals surface area contributed by atoms with E-state index in [4.69, 9.17) is 21.3 Å². The minimum atomic E-state index is -0.226. The minimum absolute atomic E-state index is 0.0814. The number of fused-ring (bicyclic) bond motifs is 2. The normalized spacial score (nSPS) is 16.3. The highest BCUT2D eigenvalue weighted by Gasteiger charge is 2.41. The average molecular weight is 512 g/mol. The third-order valence-corrected chi connectivity index (χ3v) is 8.57. The number of amides is 1. The van der Waals surface area contributed by atoms with Crippen LogP contribution in [0.3, 0.4) is 0 Å². The van der Waals surface area contributed by atoms with Crippen LogP contribution >= 0.6 is 34.3 Å². The number of rotatable bonds is 5. The molecule has 0 unspecified atom stereocenters. The zero-order valence-corrected chi connectivity index (χ0v) is 21.9. The molecule has 34 heavy (non-hydrogen) atoms. The molecule has 5 nitrogen and oxygen atoms in total. The largest absolute Gasteiger partial charge is 0.484 e. The van der Waals surface area contributed by atoms with E-state index in [0.717, 1.165) is 32.2 Å². The summed E-state index contributed by atoms with van der Waals surface area (Å²) in [5.41, 5.74) is 2.95. The number of hydrogen-bond donors (Lipinski definition) is 2. The summed E-state index contributed by atoms with van der Waals surface area (Å²) in [4.78, 5) is 19.1. The van der Waals surface area contributed by atoms with Gasteiger partial charge in [0.15, 0.2) is 6.61 Å². The lowest BCUT2D eigenvalue weighted by Crippen LogP contribution is -2.54. The van der Waals surface area contributed by atoms with E-state index in [2.05, 4.69) is 44.4 Å². The van der Waals surface area contributed by atoms with Crippen LogP contribution in [0.2, 0.25) is 5.02 Å². The van der Waals surface area contributed by atoms with Crippen molar-refractivity contribution in [2.75, 3.05) is 11.9 Å². The van der Waals surface area contributed by atoms with Crippen LogP contribution in [0.4, 0.5) is 5.00 Å². The van der Waals surface area contributed by atoms with Gasteiger partial charge in [0, 0.05) is 26.5 Å². The second-order valence-electron chi connectivity index (χ2n) is 9.70. The van der Waals surface area contributed by atoms with Gasteiger partial charge in [-0.15, -0.1) is 22.7 Å². The molecule has 4 aromatic rings. The first-order valence-corrected chi connectivity index (χ1v) is 13.1. The molecule has 0 atom stereocenters. The molecule has 2 aromatic carbocycles. The predicted octanol–water partition coefficient (Wildman–Crippen LogP) is 6.86. The Bertz CT molecular complexity index is 1340. The van der Waals surface area contributed by atoms with Crippen molar-refractivity contribution in [2.45, 2.75) is 45.2 Å². The fourth-order valence-corrected chi connectivity index (χ4v) is 7.19. The van der Waals surface area contributed by atoms with Crippen molar-refractivity contribution in [1.82, 2.24) is 10.3 Å². The van der Waals surface area contributed by atoms with Gasteiger partial charge in [-0.25, -0.2) is 4.98 Å². The predicted molar refractivity (Wildman–Crippen MR) is 142 cm³/mol. The molecule has 176 valence electrons. The number of thiazole rings is 1. The number of nitrogens with one attached hydrogen (secondary N) is 2. The summed E-state index contributed by atoms with van der Waals surface area (Å²) in [6.07, 6.45) is 0.852. The maximum atomic E-state index is 12.9. The molecular weight excluding hydrogens is 486 g/mol. The van der Waals surface area contributed by atoms with Crippen LogP contribution in [0.15, 0.2) is 48.5 Å². The number of aromatic nitrogens is 1. The summed E-state index contributed by atoms with van der Waals surface area (Å²) in [5, 5.41) is 9.26. The van der Waals surface area contributed by atoms with Gasteiger partial charge in [0.25, 0.3) is 5.91 Å². The van der Waals surface area contributed by atoms with E-state index in [-0.39, 0.29) is 23.6 Å². The standard InChI is InChI=1S/C26H26ClN3O2S2/c1-25(2)13-17-21(23-28-18-7-5-6-8-19(18)33-23)24(34-22(17)26(3,4)30-25)29-20(31)14-32-16-11-9-15(27)10-12-16/h5-12,30H,13-14H2,1-4H3,(H,29,31). The molecule has 5 rings (SSSR count). The van der Waals surface area contributed by atoms with E-state index in [0.29, 0.717) is 10.8 Å². The monoisotopic (exact) mass is 511 g/mol. The Morgan fingerprint density at radius 1 is 1.12 bits per heavy atom. The summed E-state index contributed by atoms with van der Waals surface area (Å²) in [6, 6.07) is 15.1. The van der Waals surface area contributed by atoms with Gasteiger partial charge in [0.1, 0.15) is 15.8 Å². The first-order valence-electron chi connectivity index (χ1n) is 11.1. The molecule has 1 amide bonds. The number of carbonyl (C=O) groups excluding carboxylic acids is 1. The smallest absolute Gasteiger partial charge is 0.262 e. The molecule has 2 aromatic heterocycles. The lowest BCUT2D eigenvalue weighted by Gasteiger charge is -2.42. The highest BCUT2D eigenvalue weighted by Crippen LogP contribution is 2.50. The van der Waals surface area contributed by atoms with Gasteiger partial charge in [-0.05, 0) is 76.1 Å². The van der Waals surface area contributed by atoms with Gasteiger partial charge in [-0.1, -0.05) is 23.7 Å². The van der Waals surface area contributed by atoms with Crippen molar-refractivity contribution >= 4 is 55.4 Å². The topological polar surface area (TPSA) is 63.2 Å². The molecule has 1 aliphatic heterocycles. The second-order valence-corrected chi connectivity index (χ2v) is 12.2. The average Bonchev–Trinajstić information content (AvgIpc) is 3.33. The first-order chi connectivity index (χ1) is 16.1. The van der Waals surface area contributed by atoms with Crippen LogP contribution in [-0.2, 0) is 16.8 Å². The lowest BCUT2D eigenvalue weighted by atomic mass is 9.81. The zero-order valence-electron chi connectivity index (χ0n) is 19.5. The third-order valence-electron chi connectivity index (χ3n) is 5.79. The van der Waals surface area contributed by atoms with Crippen molar-refractivity contribution in [2.24, 2.45) is 0 Å². The molecule has 0 saturated carbocycles. The number of anilines is 1. The van der Waals surface area contributed by atoms with Crippen molar-refractivity contribution < 1.29 is 9.53 Å². The number of nitrogens with zero attached hydrogens (tertiary/aromatic N) is 1. The Balaban J connectivity index is 1.52. The van der Waals surface area contributed by atoms with Gasteiger partial charge in [-0.2, -0.15) is 0 Å². The van der Waals surface area contributed by atoms with Crippen molar-refractivity contribution in [3.05, 3.63) is 64.0 Å². The molecule has 0 fully saturated rings. The number of hydrogen-bond acceptors (Lipinski definition) is 6. The summed E-state index contributed by atoms with van der Waals surface area (Å²) in [6.45, 7) is 8.74. The first kappa shape index (κ1) is 23.3. The highest BCUT2D eigenvalue weighted by atomic mass is 35.5. The van der Waals surface area contributed by atoms with E-state index in [1.807, 2.05) is 18.2 Å². The van der Waals surface area contributed by atoms with Crippen LogP contribution in [-0.4, -0.2) is 23.0 Å². The molecule has 0 bridgehead atoms. The molecule has 0 radical (unpaired) electrons. The number of carbonyl (C=O) groups is 1. The number of ether oxygens (including phenoxy) is 1. The number of thiophene rings is 1. The van der Waals surface area contributed by atoms with Gasteiger partial charge < -0.3 is 15.4 Å². The SMILES string of the molecule is CC1(C)Cc2c(sc(NC(=O)COc3ccc(Cl)cc3)c2-c2nc3ccccc3s2)C(C)(C)N1. The fourth-order valence-electron chi connectivity index (χ4n) is 4.66. The maximum Gasteiger partial charge on any atom is 0.262 e. The fraction of sp³-hybridized carbons (Fsp3) is 0.308. The molecule has 0 spiro atoms. The van der Waals surface area contributed by atoms with Crippen LogP contribution in [0, 0.1) is 0 Å². The molecule has 0 saturated heterocycles. The van der Waals surface area contributed by atoms with Crippen LogP contribution in [0.25, 0.3) is 20.8 Å². The third kappa shape index (κ3) is 4.58. The van der Waals surface area contributed by atoms with Crippen LogP contribution in [0.5, 0.6) is 5.75 Å². The molecule has 1 aliphatic rings. The lowest BCUT2D eigenvalue weighted by molar-refractivity contribution is -0.118. The Morgan fingerprint density at radius 2 is 1.85 bits per heavy atom. The number of halogens is 1. The van der Waals surface area contributed by atoms with E-state index >= 15 is 0 Å². The van der Waals surface area contributed by atoms with Gasteiger partial charge in [0.2, 0.25) is 0 Å². The van der Waals surface area contributed by atoms with E-state index in [9.17, 15) is 4.79 Å². The molecule has 8 heteroatoms. The molecular formula is C26H26ClN3O2S2. The van der Waals surface area contributed by atoms with E-state index in [1.54, 1.807) is 46.9 Å². The van der Waals surface area contributed by atoms with Crippen LogP contribution < -0.4 is 15.4 Å². The summed E-state index contributed by atoms with van der Waals surface area (Å²) in [5.74, 6) is 0.393. The molecule has 2 N–H and O–H groups in total. The van der Waals surface area contributed by atoms with E-state index in [1.165, 1.54) is 10.4 Å². The highest BCUT2D eigenvalue weighted by molar-refractivity contribution is 7.23. The Labute approximate surface area is 212 Å². The summed E-state index contributed by atoms with van der Waals surface area (Å²) < 4.78 is 6.81. The number of para-hydroxylation sites is 1. The molecule has 3 heterocycles. The van der Waals surface area contributed by atoms with Crippen LogP contribution in [0.1, 0.15) is 38.1 Å². The minimum Gasteiger partial charge on any atom is -0.484 e. The van der Waals surface area contributed by atoms with Gasteiger partial charge >= 0.3 is 0 Å². The Morgan fingerprint density at radius 3 is 2.59 bits per heavy atom. The maximum absolute atomic E-state index is 12.9. The molecule has 0 aliphatic carbocycles. The Hall–Kier alpha value is -2.45. The van der Waals surface area contributed by atoms with Gasteiger partial charge in [-0.3, -0.25) is 4.79 Å². The quantitative estimate of drug-likeness (QED) is 0.307. The summed E-state index contributed by atoms with van der Waals surface area (Å²) >= 11 is 9.22. The second kappa shape index (κ2) is 8.64. The Kier molecular flexibility index (Phi) is 5.92. The van der Waals surface area contributed by atoms with Crippen molar-refractivity contribution in [3.63, 3.8) is 0 Å². The van der Waals surface area contributed by atoms with Crippen molar-refractivity contribution in [1.29, 1.82) is 0 Å². The van der Waals surface area contributed by atoms with E-state index < -0.39 is 0 Å². The van der Waals surface area contributed by atoms with Crippen molar-refractivity contribution in [3.8, 4) is 16.3 Å². The number of benzene rings is 2. The summed E-state index contributed by atoms with van der Waals surface area (Å²) in [7, 11) is 0. The zero-order chi connectivity index (χ0) is 24.1.